The first-order valence-corrected chi connectivity index (χ1v) is 4.33. The minimum absolute atomic E-state index is 0.353. The van der Waals surface area contributed by atoms with Crippen LogP contribution in [0, 0.1) is 5.92 Å². The Morgan fingerprint density at radius 3 is 2.69 bits per heavy atom. The summed E-state index contributed by atoms with van der Waals surface area (Å²) in [7, 11) is 0. The van der Waals surface area contributed by atoms with Crippen molar-refractivity contribution < 1.29 is 18.0 Å². The first-order valence-electron chi connectivity index (χ1n) is 4.33. The van der Waals surface area contributed by atoms with Gasteiger partial charge in [0.15, 0.2) is 0 Å². The highest BCUT2D eigenvalue weighted by Gasteiger charge is 2.35. The van der Waals surface area contributed by atoms with Crippen LogP contribution in [0.5, 0.6) is 0 Å². The molecule has 1 unspecified atom stereocenters. The fraction of sp³-hybridized carbons (Fsp3) is 0.875. The first-order chi connectivity index (χ1) is 5.99. The normalized spacial score (nSPS) is 25.2. The van der Waals surface area contributed by atoms with Crippen LogP contribution in [0.15, 0.2) is 0 Å². The van der Waals surface area contributed by atoms with Gasteiger partial charge in [0, 0.05) is 12.5 Å². The number of nitrogens with one attached hydrogen (secondary N) is 1. The average molecular weight is 195 g/mol. The molecule has 1 N–H and O–H groups in total. The molecule has 76 valence electrons. The summed E-state index contributed by atoms with van der Waals surface area (Å²) in [6, 6.07) is 0. The Morgan fingerprint density at radius 1 is 1.38 bits per heavy atom. The molecule has 0 aromatic carbocycles. The van der Waals surface area contributed by atoms with E-state index in [4.69, 9.17) is 0 Å². The Kier molecular flexibility index (Phi) is 3.17. The molecule has 13 heavy (non-hydrogen) atoms. The Morgan fingerprint density at radius 2 is 2.08 bits per heavy atom. The van der Waals surface area contributed by atoms with Crippen molar-refractivity contribution in [3.8, 4) is 0 Å². The van der Waals surface area contributed by atoms with E-state index in [1.54, 1.807) is 0 Å². The summed E-state index contributed by atoms with van der Waals surface area (Å²) in [6.45, 7) is 0.507. The second-order valence-corrected chi connectivity index (χ2v) is 3.30. The van der Waals surface area contributed by atoms with Crippen molar-refractivity contribution in [3.63, 3.8) is 0 Å². The zero-order chi connectivity index (χ0) is 9.90. The van der Waals surface area contributed by atoms with Gasteiger partial charge in [-0.15, -0.1) is 0 Å². The summed E-state index contributed by atoms with van der Waals surface area (Å²) in [5.41, 5.74) is 0. The highest BCUT2D eigenvalue weighted by molar-refractivity contribution is 5.78. The van der Waals surface area contributed by atoms with Crippen LogP contribution in [-0.2, 0) is 4.79 Å². The van der Waals surface area contributed by atoms with Crippen molar-refractivity contribution >= 4 is 5.91 Å². The predicted molar refractivity (Wildman–Crippen MR) is 41.0 cm³/mol. The zero-order valence-electron chi connectivity index (χ0n) is 7.16. The van der Waals surface area contributed by atoms with Crippen molar-refractivity contribution in [1.82, 2.24) is 5.32 Å². The van der Waals surface area contributed by atoms with Gasteiger partial charge in [-0.2, -0.15) is 13.2 Å². The maximum absolute atomic E-state index is 12.0. The number of carbonyl (C=O) groups excluding carboxylic acids is 1. The van der Waals surface area contributed by atoms with Crippen LogP contribution in [-0.4, -0.2) is 18.6 Å². The van der Waals surface area contributed by atoms with E-state index < -0.39 is 24.4 Å². The van der Waals surface area contributed by atoms with Gasteiger partial charge >= 0.3 is 6.18 Å². The fourth-order valence-corrected chi connectivity index (χ4v) is 1.48. The molecule has 0 aromatic heterocycles. The van der Waals surface area contributed by atoms with Crippen LogP contribution >= 0.6 is 0 Å². The molecule has 5 heteroatoms. The van der Waals surface area contributed by atoms with Gasteiger partial charge in [-0.05, 0) is 12.8 Å². The van der Waals surface area contributed by atoms with E-state index in [0.29, 0.717) is 19.4 Å². The number of alkyl halides is 3. The van der Waals surface area contributed by atoms with Crippen LogP contribution < -0.4 is 5.32 Å². The lowest BCUT2D eigenvalue weighted by Gasteiger charge is -2.14. The van der Waals surface area contributed by atoms with Crippen LogP contribution in [0.3, 0.4) is 0 Å². The van der Waals surface area contributed by atoms with Crippen molar-refractivity contribution in [2.75, 3.05) is 6.54 Å². The van der Waals surface area contributed by atoms with Crippen LogP contribution in [0.2, 0.25) is 0 Å². The maximum atomic E-state index is 12.0. The minimum Gasteiger partial charge on any atom is -0.356 e. The number of rotatable bonds is 1. The highest BCUT2D eigenvalue weighted by Crippen LogP contribution is 2.28. The van der Waals surface area contributed by atoms with E-state index >= 15 is 0 Å². The summed E-state index contributed by atoms with van der Waals surface area (Å²) in [4.78, 5) is 11.1. The quantitative estimate of drug-likeness (QED) is 0.679. The maximum Gasteiger partial charge on any atom is 0.389 e. The van der Waals surface area contributed by atoms with E-state index in [9.17, 15) is 18.0 Å². The Bertz CT molecular complexity index is 190. The lowest BCUT2D eigenvalue weighted by Crippen LogP contribution is -2.31. The molecule has 1 saturated heterocycles. The summed E-state index contributed by atoms with van der Waals surface area (Å²) in [5, 5.41) is 2.48. The molecule has 2 nitrogen and oxygen atoms in total. The van der Waals surface area contributed by atoms with E-state index in [-0.39, 0.29) is 0 Å². The third-order valence-corrected chi connectivity index (χ3v) is 2.13. The van der Waals surface area contributed by atoms with E-state index in [1.165, 1.54) is 0 Å². The lowest BCUT2D eigenvalue weighted by molar-refractivity contribution is -0.154. The molecule has 1 atom stereocenters. The summed E-state index contributed by atoms with van der Waals surface area (Å²) >= 11 is 0. The van der Waals surface area contributed by atoms with Crippen LogP contribution in [0.25, 0.3) is 0 Å². The summed E-state index contributed by atoms with van der Waals surface area (Å²) in [6.07, 6.45) is -3.39. The second kappa shape index (κ2) is 3.98. The predicted octanol–water partition coefficient (Wildman–Crippen LogP) is 1.86. The lowest BCUT2D eigenvalue weighted by atomic mass is 9.99. The molecule has 1 fully saturated rings. The molecule has 1 aliphatic rings. The highest BCUT2D eigenvalue weighted by atomic mass is 19.4. The second-order valence-electron chi connectivity index (χ2n) is 3.30. The molecule has 0 spiro atoms. The standard InChI is InChI=1S/C8H12F3NO/c9-8(10,11)5-6-3-1-2-4-12-7(6)13/h6H,1-5H2,(H,12,13). The molecule has 1 amide bonds. The van der Waals surface area contributed by atoms with E-state index in [0.717, 1.165) is 6.42 Å². The molecular weight excluding hydrogens is 183 g/mol. The van der Waals surface area contributed by atoms with E-state index in [1.807, 2.05) is 0 Å². The zero-order valence-corrected chi connectivity index (χ0v) is 7.16. The average Bonchev–Trinajstić information content (AvgIpc) is 2.14. The number of carbonyl (C=O) groups is 1. The minimum atomic E-state index is -4.23. The molecule has 0 saturated carbocycles. The van der Waals surface area contributed by atoms with Gasteiger partial charge in [-0.25, -0.2) is 0 Å². The van der Waals surface area contributed by atoms with Gasteiger partial charge in [0.05, 0.1) is 6.42 Å². The molecule has 0 aromatic rings. The van der Waals surface area contributed by atoms with Gasteiger partial charge in [-0.1, -0.05) is 6.42 Å². The van der Waals surface area contributed by atoms with Gasteiger partial charge in [0.1, 0.15) is 0 Å². The van der Waals surface area contributed by atoms with Crippen LogP contribution in [0.4, 0.5) is 13.2 Å². The molecule has 1 rings (SSSR count). The number of amides is 1. The third-order valence-electron chi connectivity index (χ3n) is 2.13. The molecular formula is C8H12F3NO. The topological polar surface area (TPSA) is 29.1 Å². The van der Waals surface area contributed by atoms with E-state index in [2.05, 4.69) is 5.32 Å². The number of hydrogen-bond acceptors (Lipinski definition) is 1. The van der Waals surface area contributed by atoms with Crippen molar-refractivity contribution in [3.05, 3.63) is 0 Å². The molecule has 0 radical (unpaired) electrons. The monoisotopic (exact) mass is 195 g/mol. The first kappa shape index (κ1) is 10.3. The third kappa shape index (κ3) is 3.65. The molecule has 0 aliphatic carbocycles. The Labute approximate surface area is 74.5 Å². The van der Waals surface area contributed by atoms with Crippen molar-refractivity contribution in [2.45, 2.75) is 31.9 Å². The molecule has 1 heterocycles. The SMILES string of the molecule is O=C1NCCCCC1CC(F)(F)F. The van der Waals surface area contributed by atoms with Crippen molar-refractivity contribution in [1.29, 1.82) is 0 Å². The Balaban J connectivity index is 2.50. The molecule has 1 aliphatic heterocycles. The largest absolute Gasteiger partial charge is 0.389 e. The summed E-state index contributed by atoms with van der Waals surface area (Å²) < 4.78 is 35.9. The van der Waals surface area contributed by atoms with Crippen LogP contribution in [0.1, 0.15) is 25.7 Å². The van der Waals surface area contributed by atoms with Crippen molar-refractivity contribution in [2.24, 2.45) is 5.92 Å². The smallest absolute Gasteiger partial charge is 0.356 e. The van der Waals surface area contributed by atoms with Gasteiger partial charge in [0.25, 0.3) is 0 Å². The number of halogens is 3. The van der Waals surface area contributed by atoms with Gasteiger partial charge < -0.3 is 5.32 Å². The molecule has 0 bridgehead atoms. The van der Waals surface area contributed by atoms with Gasteiger partial charge in [0.2, 0.25) is 5.91 Å². The van der Waals surface area contributed by atoms with Gasteiger partial charge in [-0.3, -0.25) is 4.79 Å². The number of hydrogen-bond donors (Lipinski definition) is 1. The fourth-order valence-electron chi connectivity index (χ4n) is 1.48. The Hall–Kier alpha value is -0.740. The summed E-state index contributed by atoms with van der Waals surface area (Å²) in [5.74, 6) is -1.32.